The van der Waals surface area contributed by atoms with Gasteiger partial charge in [0.05, 0.1) is 6.61 Å². The first-order valence-corrected chi connectivity index (χ1v) is 5.62. The molecule has 0 bridgehead atoms. The summed E-state index contributed by atoms with van der Waals surface area (Å²) in [5.74, 6) is -0.669. The fourth-order valence-corrected chi connectivity index (χ4v) is 1.48. The SMILES string of the molecule is CCOCCN(C)c1nc(Cl)ccc1C(=O)O. The molecule has 1 heterocycles. The molecule has 17 heavy (non-hydrogen) atoms. The Morgan fingerprint density at radius 3 is 2.88 bits per heavy atom. The van der Waals surface area contributed by atoms with Gasteiger partial charge >= 0.3 is 5.97 Å². The van der Waals surface area contributed by atoms with Crippen molar-refractivity contribution in [2.75, 3.05) is 31.7 Å². The van der Waals surface area contributed by atoms with Gasteiger partial charge in [-0.2, -0.15) is 0 Å². The molecule has 0 radical (unpaired) electrons. The number of rotatable bonds is 6. The van der Waals surface area contributed by atoms with Crippen LogP contribution in [0.5, 0.6) is 0 Å². The zero-order valence-corrected chi connectivity index (χ0v) is 10.6. The van der Waals surface area contributed by atoms with Crippen LogP contribution in [0, 0.1) is 0 Å². The van der Waals surface area contributed by atoms with Crippen LogP contribution in [0.1, 0.15) is 17.3 Å². The number of anilines is 1. The van der Waals surface area contributed by atoms with E-state index in [1.54, 1.807) is 11.9 Å². The highest BCUT2D eigenvalue weighted by Crippen LogP contribution is 2.19. The minimum atomic E-state index is -1.02. The smallest absolute Gasteiger partial charge is 0.339 e. The van der Waals surface area contributed by atoms with Gasteiger partial charge < -0.3 is 14.7 Å². The summed E-state index contributed by atoms with van der Waals surface area (Å²) in [5.41, 5.74) is 0.133. The van der Waals surface area contributed by atoms with E-state index in [4.69, 9.17) is 21.4 Å². The quantitative estimate of drug-likeness (QED) is 0.624. The molecule has 5 nitrogen and oxygen atoms in total. The number of hydrogen-bond donors (Lipinski definition) is 1. The predicted octanol–water partition coefficient (Wildman–Crippen LogP) is 1.91. The number of halogens is 1. The third-order valence-corrected chi connectivity index (χ3v) is 2.42. The molecule has 1 N–H and O–H groups in total. The van der Waals surface area contributed by atoms with Crippen molar-refractivity contribution in [2.24, 2.45) is 0 Å². The van der Waals surface area contributed by atoms with Crippen LogP contribution in [0.25, 0.3) is 0 Å². The number of pyridine rings is 1. The third-order valence-electron chi connectivity index (χ3n) is 2.21. The summed E-state index contributed by atoms with van der Waals surface area (Å²) < 4.78 is 5.21. The average Bonchev–Trinajstić information content (AvgIpc) is 2.28. The van der Waals surface area contributed by atoms with Gasteiger partial charge in [0, 0.05) is 20.2 Å². The molecule has 0 amide bonds. The molecule has 1 rings (SSSR count). The minimum Gasteiger partial charge on any atom is -0.478 e. The first-order chi connectivity index (χ1) is 8.06. The third kappa shape index (κ3) is 3.87. The normalized spacial score (nSPS) is 10.3. The number of likely N-dealkylation sites (N-methyl/N-ethyl adjacent to an activating group) is 1. The molecule has 0 saturated heterocycles. The van der Waals surface area contributed by atoms with Crippen molar-refractivity contribution in [1.82, 2.24) is 4.98 Å². The largest absolute Gasteiger partial charge is 0.478 e. The molecule has 0 aromatic carbocycles. The fourth-order valence-electron chi connectivity index (χ4n) is 1.33. The Hall–Kier alpha value is -1.33. The zero-order valence-electron chi connectivity index (χ0n) is 9.81. The number of aromatic carboxylic acids is 1. The number of carboxylic acids is 1. The summed E-state index contributed by atoms with van der Waals surface area (Å²) in [5, 5.41) is 9.31. The second kappa shape index (κ2) is 6.42. The summed E-state index contributed by atoms with van der Waals surface area (Å²) in [6, 6.07) is 2.91. The van der Waals surface area contributed by atoms with Crippen molar-refractivity contribution < 1.29 is 14.6 Å². The van der Waals surface area contributed by atoms with E-state index in [0.717, 1.165) is 0 Å². The maximum absolute atomic E-state index is 11.0. The van der Waals surface area contributed by atoms with Gasteiger partial charge in [-0.15, -0.1) is 0 Å². The maximum atomic E-state index is 11.0. The number of ether oxygens (including phenoxy) is 1. The van der Waals surface area contributed by atoms with Gasteiger partial charge in [-0.3, -0.25) is 0 Å². The molecular formula is C11H15ClN2O3. The summed E-state index contributed by atoms with van der Waals surface area (Å²) in [6.07, 6.45) is 0. The lowest BCUT2D eigenvalue weighted by Gasteiger charge is -2.19. The molecule has 0 spiro atoms. The van der Waals surface area contributed by atoms with Gasteiger partial charge in [-0.1, -0.05) is 11.6 Å². The Labute approximate surface area is 105 Å². The van der Waals surface area contributed by atoms with E-state index >= 15 is 0 Å². The van der Waals surface area contributed by atoms with E-state index < -0.39 is 5.97 Å². The number of aromatic nitrogens is 1. The molecular weight excluding hydrogens is 244 g/mol. The van der Waals surface area contributed by atoms with E-state index in [2.05, 4.69) is 4.98 Å². The maximum Gasteiger partial charge on any atom is 0.339 e. The van der Waals surface area contributed by atoms with E-state index in [9.17, 15) is 4.79 Å². The highest BCUT2D eigenvalue weighted by Gasteiger charge is 2.15. The lowest BCUT2D eigenvalue weighted by atomic mass is 10.2. The summed E-state index contributed by atoms with van der Waals surface area (Å²) in [6.45, 7) is 3.60. The number of carboxylic acid groups (broad SMARTS) is 1. The summed E-state index contributed by atoms with van der Waals surface area (Å²) >= 11 is 5.76. The Morgan fingerprint density at radius 2 is 2.29 bits per heavy atom. The second-order valence-corrected chi connectivity index (χ2v) is 3.82. The zero-order chi connectivity index (χ0) is 12.8. The van der Waals surface area contributed by atoms with Gasteiger partial charge in [-0.25, -0.2) is 9.78 Å². The van der Waals surface area contributed by atoms with Crippen molar-refractivity contribution in [2.45, 2.75) is 6.92 Å². The monoisotopic (exact) mass is 258 g/mol. The average molecular weight is 259 g/mol. The van der Waals surface area contributed by atoms with E-state index in [1.807, 2.05) is 6.92 Å². The van der Waals surface area contributed by atoms with Gasteiger partial charge in [0.1, 0.15) is 16.5 Å². The van der Waals surface area contributed by atoms with Crippen LogP contribution in [-0.2, 0) is 4.74 Å². The number of carbonyl (C=O) groups is 1. The van der Waals surface area contributed by atoms with Gasteiger partial charge in [0.25, 0.3) is 0 Å². The lowest BCUT2D eigenvalue weighted by Crippen LogP contribution is -2.25. The van der Waals surface area contributed by atoms with Crippen LogP contribution in [0.3, 0.4) is 0 Å². The van der Waals surface area contributed by atoms with Gasteiger partial charge in [0.2, 0.25) is 0 Å². The van der Waals surface area contributed by atoms with Gasteiger partial charge in [0.15, 0.2) is 0 Å². The molecule has 0 fully saturated rings. The predicted molar refractivity (Wildman–Crippen MR) is 66.0 cm³/mol. The minimum absolute atomic E-state index is 0.133. The Kier molecular flexibility index (Phi) is 5.18. The second-order valence-electron chi connectivity index (χ2n) is 3.43. The molecule has 0 unspecified atom stereocenters. The van der Waals surface area contributed by atoms with Crippen LogP contribution in [0.15, 0.2) is 12.1 Å². The molecule has 6 heteroatoms. The molecule has 0 aliphatic heterocycles. The molecule has 0 aliphatic rings. The molecule has 0 atom stereocenters. The van der Waals surface area contributed by atoms with Crippen LogP contribution < -0.4 is 4.90 Å². The van der Waals surface area contributed by atoms with Crippen molar-refractivity contribution in [3.8, 4) is 0 Å². The number of hydrogen-bond acceptors (Lipinski definition) is 4. The molecule has 1 aromatic heterocycles. The number of nitrogens with zero attached hydrogens (tertiary/aromatic N) is 2. The Balaban J connectivity index is 2.86. The van der Waals surface area contributed by atoms with Crippen LogP contribution in [-0.4, -0.2) is 42.9 Å². The molecule has 0 saturated carbocycles. The summed E-state index contributed by atoms with van der Waals surface area (Å²) in [4.78, 5) is 16.8. The molecule has 0 aliphatic carbocycles. The molecule has 1 aromatic rings. The Morgan fingerprint density at radius 1 is 1.59 bits per heavy atom. The van der Waals surface area contributed by atoms with Gasteiger partial charge in [-0.05, 0) is 19.1 Å². The highest BCUT2D eigenvalue weighted by atomic mass is 35.5. The van der Waals surface area contributed by atoms with Crippen molar-refractivity contribution >= 4 is 23.4 Å². The van der Waals surface area contributed by atoms with Crippen molar-refractivity contribution in [3.63, 3.8) is 0 Å². The standard InChI is InChI=1S/C11H15ClN2O3/c1-3-17-7-6-14(2)10-8(11(15)16)4-5-9(12)13-10/h4-5H,3,6-7H2,1-2H3,(H,15,16). The summed E-state index contributed by atoms with van der Waals surface area (Å²) in [7, 11) is 1.75. The van der Waals surface area contributed by atoms with Crippen LogP contribution >= 0.6 is 11.6 Å². The Bertz CT molecular complexity index is 398. The topological polar surface area (TPSA) is 62.7 Å². The highest BCUT2D eigenvalue weighted by molar-refractivity contribution is 6.29. The van der Waals surface area contributed by atoms with E-state index in [1.165, 1.54) is 12.1 Å². The van der Waals surface area contributed by atoms with E-state index in [0.29, 0.717) is 25.6 Å². The lowest BCUT2D eigenvalue weighted by molar-refractivity contribution is 0.0697. The van der Waals surface area contributed by atoms with Crippen molar-refractivity contribution in [1.29, 1.82) is 0 Å². The fraction of sp³-hybridized carbons (Fsp3) is 0.455. The molecule has 94 valence electrons. The first kappa shape index (κ1) is 13.7. The first-order valence-electron chi connectivity index (χ1n) is 5.25. The van der Waals surface area contributed by atoms with E-state index in [-0.39, 0.29) is 10.7 Å². The van der Waals surface area contributed by atoms with Crippen LogP contribution in [0.2, 0.25) is 5.15 Å². The van der Waals surface area contributed by atoms with Crippen LogP contribution in [0.4, 0.5) is 5.82 Å². The van der Waals surface area contributed by atoms with Crippen molar-refractivity contribution in [3.05, 3.63) is 22.8 Å².